The molecule has 0 bridgehead atoms. The number of ketones is 1. The van der Waals surface area contributed by atoms with Crippen LogP contribution in [0.4, 0.5) is 0 Å². The van der Waals surface area contributed by atoms with Gasteiger partial charge in [-0.1, -0.05) is 17.8 Å². The first-order valence-corrected chi connectivity index (χ1v) is 11.2. The van der Waals surface area contributed by atoms with E-state index in [4.69, 9.17) is 9.72 Å². The molecule has 28 heavy (non-hydrogen) atoms. The van der Waals surface area contributed by atoms with Crippen LogP contribution >= 0.6 is 23.1 Å². The summed E-state index contributed by atoms with van der Waals surface area (Å²) in [7, 11) is 0. The molecule has 0 radical (unpaired) electrons. The van der Waals surface area contributed by atoms with Crippen molar-refractivity contribution in [1.29, 1.82) is 5.26 Å². The number of aromatic nitrogens is 1. The van der Waals surface area contributed by atoms with E-state index in [-0.39, 0.29) is 24.1 Å². The molecule has 0 aromatic carbocycles. The molecular weight excluding hydrogens is 392 g/mol. The van der Waals surface area contributed by atoms with Crippen molar-refractivity contribution >= 4 is 34.9 Å². The van der Waals surface area contributed by atoms with Gasteiger partial charge in [-0.3, -0.25) is 9.59 Å². The Morgan fingerprint density at radius 2 is 2.14 bits per heavy atom. The van der Waals surface area contributed by atoms with Crippen molar-refractivity contribution in [2.24, 2.45) is 0 Å². The highest BCUT2D eigenvalue weighted by atomic mass is 32.2. The van der Waals surface area contributed by atoms with Gasteiger partial charge in [-0.2, -0.15) is 5.26 Å². The SMILES string of the molecule is CC(C)OC(=O)CC(=O)CSc1nc2c(c(-c3cccs3)c1C#N)CCCC2. The van der Waals surface area contributed by atoms with Crippen molar-refractivity contribution in [3.63, 3.8) is 0 Å². The largest absolute Gasteiger partial charge is 0.463 e. The molecule has 1 aliphatic rings. The molecule has 0 amide bonds. The number of ether oxygens (including phenoxy) is 1. The third-order valence-corrected chi connectivity index (χ3v) is 6.32. The Hall–Kier alpha value is -2.17. The van der Waals surface area contributed by atoms with E-state index in [0.29, 0.717) is 10.6 Å². The van der Waals surface area contributed by atoms with Crippen molar-refractivity contribution in [3.05, 3.63) is 34.3 Å². The number of carbonyl (C=O) groups excluding carboxylic acids is 2. The monoisotopic (exact) mass is 414 g/mol. The predicted molar refractivity (Wildman–Crippen MR) is 110 cm³/mol. The van der Waals surface area contributed by atoms with Gasteiger partial charge in [-0.25, -0.2) is 4.98 Å². The number of nitriles is 1. The van der Waals surface area contributed by atoms with E-state index in [2.05, 4.69) is 6.07 Å². The third kappa shape index (κ3) is 4.81. The number of carbonyl (C=O) groups is 2. The number of hydrogen-bond acceptors (Lipinski definition) is 7. The maximum absolute atomic E-state index is 12.2. The Balaban J connectivity index is 1.85. The summed E-state index contributed by atoms with van der Waals surface area (Å²) in [6.07, 6.45) is 3.50. The average Bonchev–Trinajstić information content (AvgIpc) is 3.18. The van der Waals surface area contributed by atoms with Gasteiger partial charge in [-0.15, -0.1) is 11.3 Å². The van der Waals surface area contributed by atoms with E-state index in [1.54, 1.807) is 25.2 Å². The summed E-state index contributed by atoms with van der Waals surface area (Å²) >= 11 is 2.85. The molecule has 0 saturated carbocycles. The molecule has 7 heteroatoms. The predicted octanol–water partition coefficient (Wildman–Crippen LogP) is 4.56. The molecule has 2 aromatic heterocycles. The molecule has 0 saturated heterocycles. The van der Waals surface area contributed by atoms with E-state index in [9.17, 15) is 14.9 Å². The molecule has 146 valence electrons. The Labute approximate surface area is 173 Å². The first-order valence-electron chi connectivity index (χ1n) is 9.33. The van der Waals surface area contributed by atoms with Gasteiger partial charge in [0, 0.05) is 16.1 Å². The number of nitrogens with zero attached hydrogens (tertiary/aromatic N) is 2. The van der Waals surface area contributed by atoms with E-state index in [1.807, 2.05) is 17.5 Å². The number of thioether (sulfide) groups is 1. The zero-order chi connectivity index (χ0) is 20.1. The van der Waals surface area contributed by atoms with E-state index in [1.165, 1.54) is 17.3 Å². The first kappa shape index (κ1) is 20.6. The topological polar surface area (TPSA) is 80.1 Å². The Morgan fingerprint density at radius 1 is 1.36 bits per heavy atom. The molecule has 5 nitrogen and oxygen atoms in total. The average molecular weight is 415 g/mol. The van der Waals surface area contributed by atoms with Crippen LogP contribution in [0.2, 0.25) is 0 Å². The maximum Gasteiger partial charge on any atom is 0.313 e. The van der Waals surface area contributed by atoms with Gasteiger partial charge in [0.1, 0.15) is 17.5 Å². The van der Waals surface area contributed by atoms with Gasteiger partial charge < -0.3 is 4.74 Å². The lowest BCUT2D eigenvalue weighted by molar-refractivity contribution is -0.149. The first-order chi connectivity index (χ1) is 13.5. The quantitative estimate of drug-likeness (QED) is 0.375. The molecule has 0 spiro atoms. The van der Waals surface area contributed by atoms with Gasteiger partial charge >= 0.3 is 5.97 Å². The number of rotatable bonds is 7. The van der Waals surface area contributed by atoms with Crippen LogP contribution in [-0.4, -0.2) is 28.6 Å². The molecule has 0 N–H and O–H groups in total. The summed E-state index contributed by atoms with van der Waals surface area (Å²) in [5.74, 6) is -0.645. The zero-order valence-corrected chi connectivity index (χ0v) is 17.6. The molecule has 1 aliphatic carbocycles. The van der Waals surface area contributed by atoms with Crippen molar-refractivity contribution in [3.8, 4) is 16.5 Å². The summed E-state index contributed by atoms with van der Waals surface area (Å²) in [4.78, 5) is 29.7. The molecule has 2 heterocycles. The lowest BCUT2D eigenvalue weighted by atomic mass is 9.89. The highest BCUT2D eigenvalue weighted by molar-refractivity contribution is 8.00. The minimum Gasteiger partial charge on any atom is -0.463 e. The van der Waals surface area contributed by atoms with E-state index in [0.717, 1.165) is 41.8 Å². The molecule has 0 fully saturated rings. The minimum atomic E-state index is -0.515. The number of pyridine rings is 1. The van der Waals surface area contributed by atoms with Crippen LogP contribution < -0.4 is 0 Å². The lowest BCUT2D eigenvalue weighted by Gasteiger charge is -2.21. The number of esters is 1. The van der Waals surface area contributed by atoms with Crippen LogP contribution in [0.25, 0.3) is 10.4 Å². The molecular formula is C21H22N2O3S2. The van der Waals surface area contributed by atoms with Gasteiger partial charge in [0.15, 0.2) is 5.78 Å². The van der Waals surface area contributed by atoms with Crippen LogP contribution in [0.3, 0.4) is 0 Å². The second-order valence-electron chi connectivity index (χ2n) is 6.93. The number of hydrogen-bond donors (Lipinski definition) is 0. The Bertz CT molecular complexity index is 915. The summed E-state index contributed by atoms with van der Waals surface area (Å²) in [6, 6.07) is 6.32. The molecule has 0 atom stereocenters. The maximum atomic E-state index is 12.2. The van der Waals surface area contributed by atoms with Gasteiger partial charge in [0.05, 0.1) is 17.4 Å². The fourth-order valence-corrected chi connectivity index (χ4v) is 4.96. The molecule has 2 aromatic rings. The minimum absolute atomic E-state index is 0.0948. The second kappa shape index (κ2) is 9.35. The Morgan fingerprint density at radius 3 is 2.82 bits per heavy atom. The fourth-order valence-electron chi connectivity index (χ4n) is 3.28. The fraction of sp³-hybridized carbons (Fsp3) is 0.429. The smallest absolute Gasteiger partial charge is 0.313 e. The van der Waals surface area contributed by atoms with Crippen LogP contribution in [-0.2, 0) is 27.2 Å². The summed E-state index contributed by atoms with van der Waals surface area (Å²) in [5, 5.41) is 12.4. The van der Waals surface area contributed by atoms with Crippen LogP contribution in [0.5, 0.6) is 0 Å². The molecule has 0 unspecified atom stereocenters. The molecule has 3 rings (SSSR count). The number of aryl methyl sites for hydroxylation is 1. The van der Waals surface area contributed by atoms with Gasteiger partial charge in [-0.05, 0) is 56.5 Å². The Kier molecular flexibility index (Phi) is 6.87. The van der Waals surface area contributed by atoms with E-state index >= 15 is 0 Å². The number of thiophene rings is 1. The molecule has 0 aliphatic heterocycles. The highest BCUT2D eigenvalue weighted by Gasteiger charge is 2.24. The van der Waals surface area contributed by atoms with Crippen LogP contribution in [0.15, 0.2) is 22.5 Å². The van der Waals surface area contributed by atoms with Crippen molar-refractivity contribution < 1.29 is 14.3 Å². The normalized spacial score (nSPS) is 13.1. The lowest BCUT2D eigenvalue weighted by Crippen LogP contribution is -2.17. The van der Waals surface area contributed by atoms with Crippen molar-refractivity contribution in [2.45, 2.75) is 57.1 Å². The number of fused-ring (bicyclic) bond motifs is 1. The van der Waals surface area contributed by atoms with Crippen molar-refractivity contribution in [2.75, 3.05) is 5.75 Å². The summed E-state index contributed by atoms with van der Waals surface area (Å²) in [5.41, 5.74) is 3.70. The second-order valence-corrected chi connectivity index (χ2v) is 8.84. The van der Waals surface area contributed by atoms with Crippen molar-refractivity contribution in [1.82, 2.24) is 4.98 Å². The number of Topliss-reactive ketones (excluding diaryl/α,β-unsaturated/α-hetero) is 1. The van der Waals surface area contributed by atoms with Crippen LogP contribution in [0.1, 0.15) is 49.9 Å². The van der Waals surface area contributed by atoms with E-state index < -0.39 is 5.97 Å². The van der Waals surface area contributed by atoms with Gasteiger partial charge in [0.25, 0.3) is 0 Å². The zero-order valence-electron chi connectivity index (χ0n) is 16.0. The van der Waals surface area contributed by atoms with Crippen LogP contribution in [0, 0.1) is 11.3 Å². The standard InChI is InChI=1S/C21H22N2O3S2/c1-13(2)26-19(25)10-14(24)12-28-21-16(11-22)20(18-8-5-9-27-18)15-6-3-4-7-17(15)23-21/h5,8-9,13H,3-4,6-7,10,12H2,1-2H3. The summed E-state index contributed by atoms with van der Waals surface area (Å²) < 4.78 is 5.02. The van der Waals surface area contributed by atoms with Gasteiger partial charge in [0.2, 0.25) is 0 Å². The third-order valence-electron chi connectivity index (χ3n) is 4.40. The summed E-state index contributed by atoms with van der Waals surface area (Å²) in [6.45, 7) is 3.50. The highest BCUT2D eigenvalue weighted by Crippen LogP contribution is 2.39.